The highest BCUT2D eigenvalue weighted by Gasteiger charge is 2.23. The van der Waals surface area contributed by atoms with Crippen molar-refractivity contribution in [2.75, 3.05) is 16.8 Å². The molecule has 1 atom stereocenters. The van der Waals surface area contributed by atoms with Crippen LogP contribution in [0.5, 0.6) is 0 Å². The Bertz CT molecular complexity index is 764. The van der Waals surface area contributed by atoms with E-state index in [1.54, 1.807) is 36.7 Å². The van der Waals surface area contributed by atoms with Crippen molar-refractivity contribution in [2.45, 2.75) is 38.6 Å². The first-order valence-corrected chi connectivity index (χ1v) is 8.61. The van der Waals surface area contributed by atoms with Crippen LogP contribution in [0, 0.1) is 11.3 Å². The molecule has 6 nitrogen and oxygen atoms in total. The van der Waals surface area contributed by atoms with Gasteiger partial charge in [0.1, 0.15) is 0 Å². The number of nitriles is 1. The summed E-state index contributed by atoms with van der Waals surface area (Å²) in [7, 11) is 0. The van der Waals surface area contributed by atoms with Crippen LogP contribution >= 0.6 is 0 Å². The Balaban J connectivity index is 1.68. The van der Waals surface area contributed by atoms with Crippen molar-refractivity contribution in [3.8, 4) is 6.07 Å². The molecule has 0 saturated carbocycles. The molecule has 1 aromatic heterocycles. The van der Waals surface area contributed by atoms with Gasteiger partial charge in [0.25, 0.3) is 5.91 Å². The van der Waals surface area contributed by atoms with Crippen LogP contribution in [0.2, 0.25) is 0 Å². The molecule has 1 N–H and O–H groups in total. The molecule has 0 spiro atoms. The van der Waals surface area contributed by atoms with Crippen LogP contribution in [0.25, 0.3) is 0 Å². The summed E-state index contributed by atoms with van der Waals surface area (Å²) in [5.41, 5.74) is 1.60. The standard InChI is InChI=1S/C19H21N5O/c1-2-17-5-3-4-10-24(17)19-21-12-15(13-22-19)18(25)23-16-8-6-14(11-20)7-9-16/h6-9,12-13,17H,2-5,10H2,1H3,(H,23,25). The Hall–Kier alpha value is -2.94. The maximum atomic E-state index is 12.3. The Labute approximate surface area is 147 Å². The van der Waals surface area contributed by atoms with Crippen molar-refractivity contribution in [3.63, 3.8) is 0 Å². The first-order chi connectivity index (χ1) is 12.2. The summed E-state index contributed by atoms with van der Waals surface area (Å²) in [6.45, 7) is 3.15. The Kier molecular flexibility index (Phi) is 5.24. The number of hydrogen-bond acceptors (Lipinski definition) is 5. The maximum Gasteiger partial charge on any atom is 0.258 e. The van der Waals surface area contributed by atoms with Crippen LogP contribution in [-0.2, 0) is 0 Å². The zero-order valence-corrected chi connectivity index (χ0v) is 14.3. The third kappa shape index (κ3) is 3.94. The maximum absolute atomic E-state index is 12.3. The molecule has 25 heavy (non-hydrogen) atoms. The monoisotopic (exact) mass is 335 g/mol. The van der Waals surface area contributed by atoms with Gasteiger partial charge in [-0.3, -0.25) is 4.79 Å². The summed E-state index contributed by atoms with van der Waals surface area (Å²) >= 11 is 0. The van der Waals surface area contributed by atoms with Gasteiger partial charge in [0.2, 0.25) is 5.95 Å². The lowest BCUT2D eigenvalue weighted by atomic mass is 10.0. The van der Waals surface area contributed by atoms with Crippen LogP contribution in [0.1, 0.15) is 48.5 Å². The molecule has 1 aliphatic rings. The van der Waals surface area contributed by atoms with E-state index in [0.717, 1.165) is 19.4 Å². The minimum absolute atomic E-state index is 0.262. The fourth-order valence-electron chi connectivity index (χ4n) is 3.11. The molecule has 2 heterocycles. The van der Waals surface area contributed by atoms with E-state index in [4.69, 9.17) is 5.26 Å². The average Bonchev–Trinajstić information content (AvgIpc) is 2.68. The van der Waals surface area contributed by atoms with Gasteiger partial charge in [-0.15, -0.1) is 0 Å². The Morgan fingerprint density at radius 3 is 2.64 bits per heavy atom. The molecule has 0 radical (unpaired) electrons. The topological polar surface area (TPSA) is 81.9 Å². The molecule has 1 aromatic carbocycles. The highest BCUT2D eigenvalue weighted by Crippen LogP contribution is 2.23. The number of anilines is 2. The number of carbonyl (C=O) groups excluding carboxylic acids is 1. The van der Waals surface area contributed by atoms with E-state index < -0.39 is 0 Å². The first-order valence-electron chi connectivity index (χ1n) is 8.61. The minimum Gasteiger partial charge on any atom is -0.338 e. The molecule has 6 heteroatoms. The predicted octanol–water partition coefficient (Wildman–Crippen LogP) is 3.37. The predicted molar refractivity (Wildman–Crippen MR) is 96.4 cm³/mol. The van der Waals surface area contributed by atoms with E-state index >= 15 is 0 Å². The number of nitrogens with one attached hydrogen (secondary N) is 1. The summed E-state index contributed by atoms with van der Waals surface area (Å²) in [6, 6.07) is 9.25. The number of nitrogens with zero attached hydrogens (tertiary/aromatic N) is 4. The van der Waals surface area contributed by atoms with Gasteiger partial charge < -0.3 is 10.2 Å². The van der Waals surface area contributed by atoms with E-state index in [9.17, 15) is 4.79 Å². The van der Waals surface area contributed by atoms with Gasteiger partial charge >= 0.3 is 0 Å². The van der Waals surface area contributed by atoms with Gasteiger partial charge in [-0.25, -0.2) is 9.97 Å². The molecular formula is C19H21N5O. The van der Waals surface area contributed by atoms with Crippen molar-refractivity contribution in [2.24, 2.45) is 0 Å². The molecule has 1 unspecified atom stereocenters. The molecule has 0 aliphatic carbocycles. The van der Waals surface area contributed by atoms with Crippen LogP contribution in [0.4, 0.5) is 11.6 Å². The Morgan fingerprint density at radius 2 is 2.00 bits per heavy atom. The van der Waals surface area contributed by atoms with Crippen molar-refractivity contribution in [1.82, 2.24) is 9.97 Å². The molecule has 128 valence electrons. The number of aromatic nitrogens is 2. The lowest BCUT2D eigenvalue weighted by Crippen LogP contribution is -2.40. The van der Waals surface area contributed by atoms with Crippen LogP contribution < -0.4 is 10.2 Å². The smallest absolute Gasteiger partial charge is 0.258 e. The van der Waals surface area contributed by atoms with E-state index in [2.05, 4.69) is 27.1 Å². The molecule has 2 aromatic rings. The highest BCUT2D eigenvalue weighted by atomic mass is 16.1. The fourth-order valence-corrected chi connectivity index (χ4v) is 3.11. The Morgan fingerprint density at radius 1 is 1.28 bits per heavy atom. The van der Waals surface area contributed by atoms with Gasteiger partial charge in [0.05, 0.1) is 17.2 Å². The van der Waals surface area contributed by atoms with Crippen LogP contribution in [0.15, 0.2) is 36.7 Å². The highest BCUT2D eigenvalue weighted by molar-refractivity contribution is 6.03. The zero-order chi connectivity index (χ0) is 17.6. The number of carbonyl (C=O) groups is 1. The SMILES string of the molecule is CCC1CCCCN1c1ncc(C(=O)Nc2ccc(C#N)cc2)cn1. The van der Waals surface area contributed by atoms with Gasteiger partial charge in [0, 0.05) is 30.7 Å². The van der Waals surface area contributed by atoms with Crippen molar-refractivity contribution < 1.29 is 4.79 Å². The van der Waals surface area contributed by atoms with Gasteiger partial charge in [-0.2, -0.15) is 5.26 Å². The largest absolute Gasteiger partial charge is 0.338 e. The molecule has 3 rings (SSSR count). The second kappa shape index (κ2) is 7.75. The van der Waals surface area contributed by atoms with Gasteiger partial charge in [-0.1, -0.05) is 6.92 Å². The zero-order valence-electron chi connectivity index (χ0n) is 14.3. The summed E-state index contributed by atoms with van der Waals surface area (Å²) in [5.74, 6) is 0.434. The number of benzene rings is 1. The third-order valence-corrected chi connectivity index (χ3v) is 4.53. The van der Waals surface area contributed by atoms with E-state index in [-0.39, 0.29) is 5.91 Å². The second-order valence-electron chi connectivity index (χ2n) is 6.17. The van der Waals surface area contributed by atoms with Crippen LogP contribution in [-0.4, -0.2) is 28.5 Å². The van der Waals surface area contributed by atoms with E-state index in [1.807, 2.05) is 6.07 Å². The molecule has 1 aliphatic heterocycles. The number of piperidine rings is 1. The first kappa shape index (κ1) is 16.9. The fraction of sp³-hybridized carbons (Fsp3) is 0.368. The van der Waals surface area contributed by atoms with Gasteiger partial charge in [-0.05, 0) is 49.9 Å². The van der Waals surface area contributed by atoms with Crippen molar-refractivity contribution >= 4 is 17.5 Å². The summed E-state index contributed by atoms with van der Waals surface area (Å²) in [5, 5.41) is 11.6. The molecule has 1 saturated heterocycles. The van der Waals surface area contributed by atoms with E-state index in [1.165, 1.54) is 12.8 Å². The molecule has 0 bridgehead atoms. The quantitative estimate of drug-likeness (QED) is 0.926. The van der Waals surface area contributed by atoms with E-state index in [0.29, 0.717) is 28.8 Å². The summed E-state index contributed by atoms with van der Waals surface area (Å²) < 4.78 is 0. The minimum atomic E-state index is -0.262. The molecular weight excluding hydrogens is 314 g/mol. The molecule has 1 amide bonds. The summed E-state index contributed by atoms with van der Waals surface area (Å²) in [4.78, 5) is 23.4. The number of amides is 1. The normalized spacial score (nSPS) is 17.0. The van der Waals surface area contributed by atoms with Crippen molar-refractivity contribution in [3.05, 3.63) is 47.8 Å². The number of rotatable bonds is 4. The lowest BCUT2D eigenvalue weighted by Gasteiger charge is -2.35. The number of hydrogen-bond donors (Lipinski definition) is 1. The molecule has 1 fully saturated rings. The van der Waals surface area contributed by atoms with Gasteiger partial charge in [0.15, 0.2) is 0 Å². The summed E-state index contributed by atoms with van der Waals surface area (Å²) in [6.07, 6.45) is 7.79. The second-order valence-corrected chi connectivity index (χ2v) is 6.17. The lowest BCUT2D eigenvalue weighted by molar-refractivity contribution is 0.102. The third-order valence-electron chi connectivity index (χ3n) is 4.53. The van der Waals surface area contributed by atoms with Crippen LogP contribution in [0.3, 0.4) is 0 Å². The van der Waals surface area contributed by atoms with Crippen molar-refractivity contribution in [1.29, 1.82) is 5.26 Å². The average molecular weight is 335 g/mol.